The van der Waals surface area contributed by atoms with Crippen LogP contribution in [0.2, 0.25) is 0 Å². The molecule has 2 fully saturated rings. The van der Waals surface area contributed by atoms with Gasteiger partial charge in [-0.3, -0.25) is 14.5 Å². The van der Waals surface area contributed by atoms with Gasteiger partial charge < -0.3 is 10.6 Å². The number of nitrogens with one attached hydrogen (secondary N) is 2. The first-order valence-electron chi connectivity index (χ1n) is 9.34. The van der Waals surface area contributed by atoms with Crippen LogP contribution >= 0.6 is 0 Å². The number of fused-ring (bicyclic) bond motifs is 2. The van der Waals surface area contributed by atoms with Crippen LogP contribution in [0.4, 0.5) is 4.79 Å². The molecule has 4 amide bonds. The molecule has 2 aliphatic carbocycles. The highest BCUT2D eigenvalue weighted by Crippen LogP contribution is 2.40. The van der Waals surface area contributed by atoms with Gasteiger partial charge in [0.15, 0.2) is 0 Å². The van der Waals surface area contributed by atoms with Gasteiger partial charge in [-0.15, -0.1) is 0 Å². The molecular formula is C20H22N4O3. The molecule has 0 radical (unpaired) electrons. The van der Waals surface area contributed by atoms with Crippen LogP contribution in [0.3, 0.4) is 0 Å². The van der Waals surface area contributed by atoms with E-state index in [4.69, 9.17) is 0 Å². The van der Waals surface area contributed by atoms with Crippen molar-refractivity contribution in [2.75, 3.05) is 6.54 Å². The third-order valence-corrected chi connectivity index (χ3v) is 5.98. The number of hydrogen-bond donors (Lipinski definition) is 2. The molecule has 27 heavy (non-hydrogen) atoms. The molecule has 7 heteroatoms. The van der Waals surface area contributed by atoms with Crippen molar-refractivity contribution in [2.45, 2.75) is 50.1 Å². The summed E-state index contributed by atoms with van der Waals surface area (Å²) in [6.45, 7) is 1.31. The summed E-state index contributed by atoms with van der Waals surface area (Å²) in [4.78, 5) is 39.2. The number of amides is 4. The number of nitrogens with zero attached hydrogens (tertiary/aromatic N) is 2. The maximum absolute atomic E-state index is 13.2. The fourth-order valence-electron chi connectivity index (χ4n) is 4.31. The molecule has 2 N–H and O–H groups in total. The van der Waals surface area contributed by atoms with Gasteiger partial charge in [-0.2, -0.15) is 5.26 Å². The zero-order valence-electron chi connectivity index (χ0n) is 15.2. The van der Waals surface area contributed by atoms with Gasteiger partial charge in [0.25, 0.3) is 5.91 Å². The van der Waals surface area contributed by atoms with Crippen LogP contribution in [0.25, 0.3) is 0 Å². The third kappa shape index (κ3) is 2.76. The number of urea groups is 1. The van der Waals surface area contributed by atoms with Crippen LogP contribution in [-0.2, 0) is 21.5 Å². The zero-order chi connectivity index (χ0) is 19.2. The molecule has 7 nitrogen and oxygen atoms in total. The summed E-state index contributed by atoms with van der Waals surface area (Å²) in [5.74, 6) is -0.749. The van der Waals surface area contributed by atoms with Crippen molar-refractivity contribution < 1.29 is 14.4 Å². The maximum atomic E-state index is 13.2. The predicted molar refractivity (Wildman–Crippen MR) is 96.2 cm³/mol. The molecule has 140 valence electrons. The standard InChI is InChI=1S/C20H22N4O3/c1-19(12-21,14-8-9-14)22-16(25)11-24-17(26)20(23-18(24)27)10-4-6-13-5-2-3-7-15(13)20/h2-3,5,7,14H,4,6,8-11H2,1H3,(H,22,25)(H,23,27)/t19-,20+/m1/s1. The van der Waals surface area contributed by atoms with Crippen molar-refractivity contribution in [2.24, 2.45) is 5.92 Å². The fourth-order valence-corrected chi connectivity index (χ4v) is 4.31. The van der Waals surface area contributed by atoms with Crippen molar-refractivity contribution in [3.8, 4) is 6.07 Å². The highest BCUT2D eigenvalue weighted by atomic mass is 16.2. The SMILES string of the molecule is C[C@](C#N)(NC(=O)CN1C(=O)N[C@]2(CCCc3ccccc32)C1=O)C1CC1. The van der Waals surface area contributed by atoms with Gasteiger partial charge in [-0.25, -0.2) is 4.79 Å². The van der Waals surface area contributed by atoms with Gasteiger partial charge in [0.05, 0.1) is 6.07 Å². The van der Waals surface area contributed by atoms with E-state index in [-0.39, 0.29) is 18.4 Å². The van der Waals surface area contributed by atoms with Crippen molar-refractivity contribution in [1.82, 2.24) is 15.5 Å². The van der Waals surface area contributed by atoms with E-state index >= 15 is 0 Å². The molecule has 3 aliphatic rings. The van der Waals surface area contributed by atoms with E-state index in [0.717, 1.165) is 41.7 Å². The van der Waals surface area contributed by atoms with Gasteiger partial charge in [0.1, 0.15) is 17.6 Å². The molecule has 0 aromatic heterocycles. The summed E-state index contributed by atoms with van der Waals surface area (Å²) in [5, 5.41) is 14.9. The number of carbonyl (C=O) groups excluding carboxylic acids is 3. The van der Waals surface area contributed by atoms with Crippen LogP contribution in [-0.4, -0.2) is 34.8 Å². The van der Waals surface area contributed by atoms with Crippen LogP contribution < -0.4 is 10.6 Å². The van der Waals surface area contributed by atoms with Gasteiger partial charge in [-0.05, 0) is 56.1 Å². The Hall–Kier alpha value is -2.88. The predicted octanol–water partition coefficient (Wildman–Crippen LogP) is 1.58. The molecule has 1 aromatic carbocycles. The smallest absolute Gasteiger partial charge is 0.325 e. The van der Waals surface area contributed by atoms with Gasteiger partial charge in [0.2, 0.25) is 5.91 Å². The fraction of sp³-hybridized carbons (Fsp3) is 0.500. The second-order valence-electron chi connectivity index (χ2n) is 7.87. The second kappa shape index (κ2) is 6.08. The lowest BCUT2D eigenvalue weighted by Gasteiger charge is -2.33. The summed E-state index contributed by atoms with van der Waals surface area (Å²) >= 11 is 0. The molecule has 0 bridgehead atoms. The van der Waals surface area contributed by atoms with Crippen LogP contribution in [0.15, 0.2) is 24.3 Å². The van der Waals surface area contributed by atoms with Crippen molar-refractivity contribution >= 4 is 17.8 Å². The number of aryl methyl sites for hydroxylation is 1. The van der Waals surface area contributed by atoms with E-state index in [2.05, 4.69) is 16.7 Å². The number of benzene rings is 1. The van der Waals surface area contributed by atoms with Crippen molar-refractivity contribution in [3.05, 3.63) is 35.4 Å². The van der Waals surface area contributed by atoms with E-state index in [0.29, 0.717) is 6.42 Å². The minimum absolute atomic E-state index is 0.131. The highest BCUT2D eigenvalue weighted by Gasteiger charge is 2.54. The summed E-state index contributed by atoms with van der Waals surface area (Å²) < 4.78 is 0. The Balaban J connectivity index is 1.54. The lowest BCUT2D eigenvalue weighted by molar-refractivity contribution is -0.136. The lowest BCUT2D eigenvalue weighted by atomic mass is 9.76. The first-order valence-corrected chi connectivity index (χ1v) is 9.34. The van der Waals surface area contributed by atoms with Crippen LogP contribution in [0.5, 0.6) is 0 Å². The average molecular weight is 366 g/mol. The summed E-state index contributed by atoms with van der Waals surface area (Å²) in [5.41, 5.74) is -0.168. The molecule has 1 saturated heterocycles. The Bertz CT molecular complexity index is 872. The van der Waals surface area contributed by atoms with Gasteiger partial charge in [-0.1, -0.05) is 24.3 Å². The Morgan fingerprint density at radius 2 is 2.15 bits per heavy atom. The molecule has 1 aliphatic heterocycles. The summed E-state index contributed by atoms with van der Waals surface area (Å²) in [6.07, 6.45) is 3.96. The molecule has 0 unspecified atom stereocenters. The van der Waals surface area contributed by atoms with E-state index in [1.807, 2.05) is 24.3 Å². The number of hydrogen-bond acceptors (Lipinski definition) is 4. The molecule has 1 saturated carbocycles. The average Bonchev–Trinajstić information content (AvgIpc) is 3.48. The third-order valence-electron chi connectivity index (χ3n) is 5.98. The molecule has 1 spiro atoms. The van der Waals surface area contributed by atoms with Crippen LogP contribution in [0.1, 0.15) is 43.7 Å². The minimum atomic E-state index is -1.08. The molecule has 2 atom stereocenters. The minimum Gasteiger partial charge on any atom is -0.336 e. The number of imide groups is 1. The first kappa shape index (κ1) is 17.5. The highest BCUT2D eigenvalue weighted by molar-refractivity contribution is 6.09. The molecular weight excluding hydrogens is 344 g/mol. The van der Waals surface area contributed by atoms with Gasteiger partial charge >= 0.3 is 6.03 Å². The van der Waals surface area contributed by atoms with E-state index in [9.17, 15) is 19.6 Å². The van der Waals surface area contributed by atoms with E-state index in [1.165, 1.54) is 0 Å². The molecule has 4 rings (SSSR count). The van der Waals surface area contributed by atoms with Crippen molar-refractivity contribution in [3.63, 3.8) is 0 Å². The monoisotopic (exact) mass is 366 g/mol. The topological polar surface area (TPSA) is 102 Å². The number of rotatable bonds is 4. The van der Waals surface area contributed by atoms with E-state index in [1.54, 1.807) is 6.92 Å². The Morgan fingerprint density at radius 3 is 2.85 bits per heavy atom. The van der Waals surface area contributed by atoms with Crippen LogP contribution in [0, 0.1) is 17.2 Å². The molecule has 1 aromatic rings. The quantitative estimate of drug-likeness (QED) is 0.790. The van der Waals surface area contributed by atoms with E-state index < -0.39 is 23.0 Å². The largest absolute Gasteiger partial charge is 0.336 e. The number of carbonyl (C=O) groups is 3. The Morgan fingerprint density at radius 1 is 1.41 bits per heavy atom. The summed E-state index contributed by atoms with van der Waals surface area (Å²) in [7, 11) is 0. The normalized spacial score (nSPS) is 26.1. The Kier molecular flexibility index (Phi) is 3.95. The zero-order valence-corrected chi connectivity index (χ0v) is 15.2. The van der Waals surface area contributed by atoms with Gasteiger partial charge in [0, 0.05) is 0 Å². The molecule has 1 heterocycles. The lowest BCUT2D eigenvalue weighted by Crippen LogP contribution is -2.51. The summed E-state index contributed by atoms with van der Waals surface area (Å²) in [6, 6.07) is 9.21. The maximum Gasteiger partial charge on any atom is 0.325 e. The van der Waals surface area contributed by atoms with Crippen molar-refractivity contribution in [1.29, 1.82) is 5.26 Å². The number of nitriles is 1. The second-order valence-corrected chi connectivity index (χ2v) is 7.87. The first-order chi connectivity index (χ1) is 12.9. The Labute approximate surface area is 157 Å².